The van der Waals surface area contributed by atoms with Gasteiger partial charge < -0.3 is 19.7 Å². The van der Waals surface area contributed by atoms with E-state index in [0.29, 0.717) is 27.4 Å². The molecule has 0 unspecified atom stereocenters. The van der Waals surface area contributed by atoms with Crippen molar-refractivity contribution in [1.29, 1.82) is 0 Å². The summed E-state index contributed by atoms with van der Waals surface area (Å²) in [5.41, 5.74) is -8.53. The molecule has 0 saturated carbocycles. The number of aromatic nitrogens is 6. The number of hydrogen-bond donors (Lipinski definition) is 2. The molecule has 0 aliphatic rings. The minimum absolute atomic E-state index is 0.257. The van der Waals surface area contributed by atoms with Crippen LogP contribution < -0.4 is 34.1 Å². The Kier molecular flexibility index (Phi) is 12.2. The first-order valence-corrected chi connectivity index (χ1v) is 14.0. The number of aliphatic hydroxyl groups is 2. The Bertz CT molecular complexity index is 1770. The van der Waals surface area contributed by atoms with Crippen molar-refractivity contribution in [2.75, 3.05) is 13.2 Å². The molecule has 2 N–H and O–H groups in total. The van der Waals surface area contributed by atoms with E-state index in [0.717, 1.165) is 0 Å². The summed E-state index contributed by atoms with van der Waals surface area (Å²) in [6.07, 6.45) is 0.379. The summed E-state index contributed by atoms with van der Waals surface area (Å²) in [6.45, 7) is 7.44. The summed E-state index contributed by atoms with van der Waals surface area (Å²) in [5.74, 6) is -1.61. The second-order valence-corrected chi connectivity index (χ2v) is 11.6. The summed E-state index contributed by atoms with van der Waals surface area (Å²) in [5, 5.41) is 19.4. The lowest BCUT2D eigenvalue weighted by molar-refractivity contribution is -0.155. The average Bonchev–Trinajstić information content (AvgIpc) is 2.91. The molecule has 2 aromatic rings. The minimum atomic E-state index is -1.50. The normalized spacial score (nSPS) is 11.8. The van der Waals surface area contributed by atoms with Crippen LogP contribution in [0.1, 0.15) is 47.5 Å². The Morgan fingerprint density at radius 3 is 1.56 bits per heavy atom. The van der Waals surface area contributed by atoms with Gasteiger partial charge in [0, 0.05) is 13.1 Å². The molecule has 0 amide bonds. The van der Waals surface area contributed by atoms with Crippen molar-refractivity contribution in [3.8, 4) is 0 Å². The molecule has 0 fully saturated rings. The Morgan fingerprint density at radius 1 is 0.689 bits per heavy atom. The van der Waals surface area contributed by atoms with E-state index in [2.05, 4.69) is 6.58 Å². The number of aliphatic hydroxyl groups excluding tert-OH is 1. The number of hydrogen-bond acceptors (Lipinski definition) is 12. The lowest BCUT2D eigenvalue weighted by Gasteiger charge is -2.20. The predicted octanol–water partition coefficient (Wildman–Crippen LogP) is -3.03. The van der Waals surface area contributed by atoms with Crippen LogP contribution in [0.15, 0.2) is 41.4 Å². The lowest BCUT2D eigenvalue weighted by atomic mass is 10.1. The maximum atomic E-state index is 13.0. The second-order valence-electron chi connectivity index (χ2n) is 11.6. The predicted molar refractivity (Wildman–Crippen MR) is 158 cm³/mol. The molecule has 0 aliphatic carbocycles. The number of esters is 2. The third-order valence-electron chi connectivity index (χ3n) is 6.03. The standard InChI is InChI=1S/C27H40N6O12/c1-7-10-28-20(37)29(22(39)30(21(28)38)12-9-19(36)45-26(2,3)4)11-8-18(35)44-16-14-32-23(40)31(13-15-34)24(41)33(25(32)42)17-27(5,6)43/h7,34,43H,1,8-17H2,2-6H3. The highest BCUT2D eigenvalue weighted by Crippen LogP contribution is 2.08. The van der Waals surface area contributed by atoms with Crippen LogP contribution in [0.25, 0.3) is 0 Å². The van der Waals surface area contributed by atoms with Gasteiger partial charge in [0.25, 0.3) is 0 Å². The van der Waals surface area contributed by atoms with Gasteiger partial charge in [-0.25, -0.2) is 56.2 Å². The maximum absolute atomic E-state index is 13.0. The molecular formula is C27H40N6O12. The molecule has 18 nitrogen and oxygen atoms in total. The molecule has 0 saturated heterocycles. The minimum Gasteiger partial charge on any atom is -0.464 e. The Morgan fingerprint density at radius 2 is 1.11 bits per heavy atom. The number of rotatable bonds is 15. The fraction of sp³-hybridized carbons (Fsp3) is 0.630. The molecule has 2 heterocycles. The van der Waals surface area contributed by atoms with Crippen molar-refractivity contribution in [2.24, 2.45) is 0 Å². The molecule has 0 atom stereocenters. The zero-order chi connectivity index (χ0) is 34.3. The third kappa shape index (κ3) is 9.70. The highest BCUT2D eigenvalue weighted by Gasteiger charge is 2.22. The molecule has 0 radical (unpaired) electrons. The number of ether oxygens (including phenoxy) is 2. The molecule has 0 spiro atoms. The van der Waals surface area contributed by atoms with E-state index in [-0.39, 0.29) is 13.0 Å². The largest absolute Gasteiger partial charge is 0.464 e. The molecule has 250 valence electrons. The van der Waals surface area contributed by atoms with Gasteiger partial charge in [0.2, 0.25) is 0 Å². The quantitative estimate of drug-likeness (QED) is 0.146. The molecule has 0 bridgehead atoms. The van der Waals surface area contributed by atoms with Gasteiger partial charge in [-0.1, -0.05) is 6.08 Å². The topological polar surface area (TPSA) is 225 Å². The Labute approximate surface area is 255 Å². The number of carbonyl (C=O) groups excluding carboxylic acids is 2. The van der Waals surface area contributed by atoms with Crippen molar-refractivity contribution in [2.45, 2.75) is 97.9 Å². The highest BCUT2D eigenvalue weighted by atomic mass is 16.6. The molecule has 2 rings (SSSR count). The zero-order valence-electron chi connectivity index (χ0n) is 26.0. The van der Waals surface area contributed by atoms with Crippen molar-refractivity contribution < 1.29 is 29.3 Å². The number of allylic oxidation sites excluding steroid dienone is 1. The van der Waals surface area contributed by atoms with Gasteiger partial charge >= 0.3 is 46.1 Å². The molecule has 2 aromatic heterocycles. The SMILES string of the molecule is C=CCn1c(=O)n(CCC(=O)OCCn2c(=O)n(CCO)c(=O)n(CC(C)(C)O)c2=O)c(=O)n(CCC(=O)OC(C)(C)C)c1=O. The Hall–Kier alpha value is -4.58. The molecule has 0 aliphatic heterocycles. The van der Waals surface area contributed by atoms with Crippen molar-refractivity contribution in [3.63, 3.8) is 0 Å². The average molecular weight is 641 g/mol. The van der Waals surface area contributed by atoms with Crippen LogP contribution in [0.3, 0.4) is 0 Å². The van der Waals surface area contributed by atoms with Crippen molar-refractivity contribution in [1.82, 2.24) is 27.4 Å². The van der Waals surface area contributed by atoms with E-state index in [9.17, 15) is 48.6 Å². The fourth-order valence-corrected chi connectivity index (χ4v) is 4.16. The van der Waals surface area contributed by atoms with Gasteiger partial charge in [0.1, 0.15) is 12.2 Å². The monoisotopic (exact) mass is 640 g/mol. The van der Waals surface area contributed by atoms with Crippen LogP contribution in [0.4, 0.5) is 0 Å². The van der Waals surface area contributed by atoms with Crippen LogP contribution in [0, 0.1) is 0 Å². The molecule has 45 heavy (non-hydrogen) atoms. The lowest BCUT2D eigenvalue weighted by Crippen LogP contribution is -2.56. The van der Waals surface area contributed by atoms with E-state index >= 15 is 0 Å². The highest BCUT2D eigenvalue weighted by molar-refractivity contribution is 5.69. The van der Waals surface area contributed by atoms with Crippen LogP contribution in [0.5, 0.6) is 0 Å². The summed E-state index contributed by atoms with van der Waals surface area (Å²) in [6, 6.07) is 0. The van der Waals surface area contributed by atoms with Gasteiger partial charge in [0.15, 0.2) is 0 Å². The zero-order valence-corrected chi connectivity index (χ0v) is 26.0. The van der Waals surface area contributed by atoms with Gasteiger partial charge in [-0.05, 0) is 34.6 Å². The molecule has 0 aromatic carbocycles. The fourth-order valence-electron chi connectivity index (χ4n) is 4.16. The van der Waals surface area contributed by atoms with Gasteiger partial charge in [-0.3, -0.25) is 9.59 Å². The van der Waals surface area contributed by atoms with E-state index in [4.69, 9.17) is 9.47 Å². The first kappa shape index (κ1) is 36.6. The van der Waals surface area contributed by atoms with Gasteiger partial charge in [0.05, 0.1) is 51.2 Å². The van der Waals surface area contributed by atoms with E-state index < -0.39 is 110 Å². The number of carbonyl (C=O) groups is 2. The first-order chi connectivity index (χ1) is 20.8. The summed E-state index contributed by atoms with van der Waals surface area (Å²) >= 11 is 0. The van der Waals surface area contributed by atoms with Crippen LogP contribution in [0.2, 0.25) is 0 Å². The third-order valence-corrected chi connectivity index (χ3v) is 6.03. The van der Waals surface area contributed by atoms with Gasteiger partial charge in [-0.2, -0.15) is 0 Å². The summed E-state index contributed by atoms with van der Waals surface area (Å²) < 4.78 is 14.1. The van der Waals surface area contributed by atoms with E-state index in [1.165, 1.54) is 19.9 Å². The summed E-state index contributed by atoms with van der Waals surface area (Å²) in [4.78, 5) is 102. The van der Waals surface area contributed by atoms with Crippen LogP contribution in [-0.2, 0) is 58.3 Å². The van der Waals surface area contributed by atoms with Crippen molar-refractivity contribution in [3.05, 3.63) is 75.6 Å². The molecular weight excluding hydrogens is 600 g/mol. The van der Waals surface area contributed by atoms with E-state index in [1.54, 1.807) is 20.8 Å². The van der Waals surface area contributed by atoms with Gasteiger partial charge in [-0.15, -0.1) is 6.58 Å². The second kappa shape index (κ2) is 14.9. The number of nitrogens with zero attached hydrogens (tertiary/aromatic N) is 6. The Balaban J connectivity index is 2.26. The van der Waals surface area contributed by atoms with Crippen LogP contribution >= 0.6 is 0 Å². The van der Waals surface area contributed by atoms with E-state index in [1.807, 2.05) is 0 Å². The van der Waals surface area contributed by atoms with Crippen molar-refractivity contribution >= 4 is 11.9 Å². The first-order valence-electron chi connectivity index (χ1n) is 14.0. The van der Waals surface area contributed by atoms with Crippen LogP contribution in [-0.4, -0.2) is 74.0 Å². The maximum Gasteiger partial charge on any atom is 0.336 e. The summed E-state index contributed by atoms with van der Waals surface area (Å²) in [7, 11) is 0. The smallest absolute Gasteiger partial charge is 0.336 e. The molecule has 18 heteroatoms.